The fourth-order valence-electron chi connectivity index (χ4n) is 3.64. The van der Waals surface area contributed by atoms with E-state index in [0.29, 0.717) is 31.2 Å². The first-order valence-electron chi connectivity index (χ1n) is 10.6. The minimum absolute atomic E-state index is 0.108. The highest BCUT2D eigenvalue weighted by Gasteiger charge is 2.23. The largest absolute Gasteiger partial charge is 0.468 e. The van der Waals surface area contributed by atoms with E-state index in [1.165, 1.54) is 6.07 Å². The fourth-order valence-corrected chi connectivity index (χ4v) is 3.64. The number of aryl methyl sites for hydroxylation is 1. The van der Waals surface area contributed by atoms with E-state index < -0.39 is 17.7 Å². The van der Waals surface area contributed by atoms with E-state index in [-0.39, 0.29) is 5.75 Å². The molecule has 8 heteroatoms. The van der Waals surface area contributed by atoms with Gasteiger partial charge < -0.3 is 14.3 Å². The van der Waals surface area contributed by atoms with Crippen molar-refractivity contribution < 1.29 is 23.0 Å². The summed E-state index contributed by atoms with van der Waals surface area (Å²) in [7, 11) is 0. The van der Waals surface area contributed by atoms with Crippen LogP contribution in [0.25, 0.3) is 5.69 Å². The smallest absolute Gasteiger partial charge is 0.227 e. The number of ether oxygens (including phenoxy) is 1. The molecule has 0 saturated heterocycles. The molecule has 33 heavy (non-hydrogen) atoms. The summed E-state index contributed by atoms with van der Waals surface area (Å²) in [5.41, 5.74) is 2.14. The predicted molar refractivity (Wildman–Crippen MR) is 119 cm³/mol. The molecule has 1 unspecified atom stereocenters. The monoisotopic (exact) mass is 453 g/mol. The zero-order valence-electron chi connectivity index (χ0n) is 18.4. The molecule has 6 nitrogen and oxygen atoms in total. The molecular weight excluding hydrogens is 428 g/mol. The van der Waals surface area contributed by atoms with Crippen molar-refractivity contribution in [3.8, 4) is 17.3 Å². The van der Waals surface area contributed by atoms with E-state index in [0.717, 1.165) is 29.1 Å². The van der Waals surface area contributed by atoms with Crippen LogP contribution in [0.1, 0.15) is 23.9 Å². The van der Waals surface area contributed by atoms with E-state index in [4.69, 9.17) is 9.15 Å². The van der Waals surface area contributed by atoms with Gasteiger partial charge in [-0.1, -0.05) is 18.2 Å². The van der Waals surface area contributed by atoms with Gasteiger partial charge in [-0.05, 0) is 50.2 Å². The number of aromatic nitrogens is 2. The van der Waals surface area contributed by atoms with Gasteiger partial charge in [0.2, 0.25) is 5.88 Å². The quantitative estimate of drug-likeness (QED) is 0.376. The molecule has 4 rings (SSSR count). The molecule has 0 radical (unpaired) electrons. The second kappa shape index (κ2) is 9.97. The van der Waals surface area contributed by atoms with Gasteiger partial charge >= 0.3 is 0 Å². The summed E-state index contributed by atoms with van der Waals surface area (Å²) in [5, 5.41) is 14.7. The number of aliphatic hydroxyl groups excluding tert-OH is 1. The highest BCUT2D eigenvalue weighted by Crippen LogP contribution is 2.33. The van der Waals surface area contributed by atoms with E-state index >= 15 is 0 Å². The topological polar surface area (TPSA) is 63.7 Å². The van der Waals surface area contributed by atoms with E-state index in [2.05, 4.69) is 5.10 Å². The highest BCUT2D eigenvalue weighted by molar-refractivity contribution is 5.43. The molecule has 2 aromatic heterocycles. The minimum Gasteiger partial charge on any atom is -0.468 e. The number of para-hydroxylation sites is 1. The summed E-state index contributed by atoms with van der Waals surface area (Å²) in [6.45, 7) is 4.75. The van der Waals surface area contributed by atoms with Crippen LogP contribution >= 0.6 is 0 Å². The fraction of sp³-hybridized carbons (Fsp3) is 0.240. The zero-order valence-corrected chi connectivity index (χ0v) is 18.4. The van der Waals surface area contributed by atoms with Crippen molar-refractivity contribution in [1.82, 2.24) is 14.7 Å². The van der Waals surface area contributed by atoms with E-state index in [1.54, 1.807) is 23.9 Å². The Morgan fingerprint density at radius 3 is 2.55 bits per heavy atom. The van der Waals surface area contributed by atoms with Gasteiger partial charge in [0.25, 0.3) is 0 Å². The number of hydrogen-bond acceptors (Lipinski definition) is 5. The molecule has 172 valence electrons. The molecule has 1 N–H and O–H groups in total. The van der Waals surface area contributed by atoms with Gasteiger partial charge in [0.1, 0.15) is 11.6 Å². The second-order valence-corrected chi connectivity index (χ2v) is 7.89. The summed E-state index contributed by atoms with van der Waals surface area (Å²) in [6.07, 6.45) is 1.02. The SMILES string of the molecule is Cc1nn(-c2ccccc2)c(Oc2ccc(F)cc2F)c1CN(Cc1ccco1)CC(C)O. The lowest BCUT2D eigenvalue weighted by molar-refractivity contribution is 0.112. The van der Waals surface area contributed by atoms with E-state index in [9.17, 15) is 13.9 Å². The number of rotatable bonds is 9. The summed E-state index contributed by atoms with van der Waals surface area (Å²) >= 11 is 0. The molecule has 0 spiro atoms. The molecular formula is C25H25F2N3O3. The van der Waals surface area contributed by atoms with Crippen LogP contribution in [-0.2, 0) is 13.1 Å². The molecule has 4 aromatic rings. The molecule has 0 bridgehead atoms. The van der Waals surface area contributed by atoms with Crippen LogP contribution in [0, 0.1) is 18.6 Å². The third kappa shape index (κ3) is 5.47. The molecule has 0 saturated carbocycles. The van der Waals surface area contributed by atoms with Crippen LogP contribution < -0.4 is 4.74 Å². The van der Waals surface area contributed by atoms with Gasteiger partial charge in [0, 0.05) is 19.2 Å². The number of aliphatic hydroxyl groups is 1. The van der Waals surface area contributed by atoms with Crippen molar-refractivity contribution in [3.05, 3.63) is 95.6 Å². The van der Waals surface area contributed by atoms with Crippen molar-refractivity contribution in [2.45, 2.75) is 33.0 Å². The summed E-state index contributed by atoms with van der Waals surface area (Å²) in [4.78, 5) is 2.00. The first-order valence-corrected chi connectivity index (χ1v) is 10.6. The van der Waals surface area contributed by atoms with Gasteiger partial charge in [0.05, 0.1) is 35.9 Å². The first-order chi connectivity index (χ1) is 15.9. The highest BCUT2D eigenvalue weighted by atomic mass is 19.1. The van der Waals surface area contributed by atoms with Crippen molar-refractivity contribution in [2.24, 2.45) is 0 Å². The van der Waals surface area contributed by atoms with Gasteiger partial charge in [-0.2, -0.15) is 5.10 Å². The summed E-state index contributed by atoms with van der Waals surface area (Å²) < 4.78 is 40.9. The van der Waals surface area contributed by atoms with Crippen molar-refractivity contribution in [2.75, 3.05) is 6.54 Å². The Hall–Kier alpha value is -3.49. The van der Waals surface area contributed by atoms with Crippen LogP contribution in [0.2, 0.25) is 0 Å². The Morgan fingerprint density at radius 2 is 1.88 bits per heavy atom. The maximum Gasteiger partial charge on any atom is 0.227 e. The number of halogens is 2. The van der Waals surface area contributed by atoms with Crippen LogP contribution in [0.4, 0.5) is 8.78 Å². The summed E-state index contributed by atoms with van der Waals surface area (Å²) in [5.74, 6) is -0.539. The van der Waals surface area contributed by atoms with E-state index in [1.807, 2.05) is 48.2 Å². The van der Waals surface area contributed by atoms with Crippen molar-refractivity contribution in [1.29, 1.82) is 0 Å². The Labute approximate surface area is 190 Å². The molecule has 0 aliphatic rings. The first kappa shape index (κ1) is 22.7. The Bertz CT molecular complexity index is 1190. The molecule has 0 amide bonds. The minimum atomic E-state index is -0.809. The standard InChI is InChI=1S/C25H25F2N3O3/c1-17(31)14-29(15-21-9-6-12-32-21)16-22-18(2)28-30(20-7-4-3-5-8-20)25(22)33-24-11-10-19(26)13-23(24)27/h3-13,17,31H,14-16H2,1-2H3. The van der Waals surface area contributed by atoms with Crippen molar-refractivity contribution in [3.63, 3.8) is 0 Å². The molecule has 2 heterocycles. The molecule has 1 atom stereocenters. The number of furan rings is 1. The zero-order chi connectivity index (χ0) is 23.4. The molecule has 0 fully saturated rings. The third-order valence-corrected chi connectivity index (χ3v) is 5.10. The Morgan fingerprint density at radius 1 is 1.09 bits per heavy atom. The number of nitrogens with zero attached hydrogens (tertiary/aromatic N) is 3. The third-order valence-electron chi connectivity index (χ3n) is 5.10. The van der Waals surface area contributed by atoms with Crippen molar-refractivity contribution >= 4 is 0 Å². The Kier molecular flexibility index (Phi) is 6.86. The molecule has 0 aliphatic heterocycles. The normalized spacial score (nSPS) is 12.3. The van der Waals surface area contributed by atoms with Gasteiger partial charge in [-0.3, -0.25) is 4.90 Å². The second-order valence-electron chi connectivity index (χ2n) is 7.89. The van der Waals surface area contributed by atoms with Crippen LogP contribution in [0.3, 0.4) is 0 Å². The molecule has 0 aliphatic carbocycles. The average Bonchev–Trinajstić information content (AvgIpc) is 3.39. The van der Waals surface area contributed by atoms with Gasteiger partial charge in [-0.25, -0.2) is 13.5 Å². The maximum atomic E-state index is 14.4. The van der Waals surface area contributed by atoms with Crippen LogP contribution in [0.5, 0.6) is 11.6 Å². The summed E-state index contributed by atoms with van der Waals surface area (Å²) in [6, 6.07) is 16.2. The predicted octanol–water partition coefficient (Wildman–Crippen LogP) is 5.23. The lowest BCUT2D eigenvalue weighted by Crippen LogP contribution is -2.30. The number of benzene rings is 2. The lowest BCUT2D eigenvalue weighted by atomic mass is 10.2. The van der Waals surface area contributed by atoms with Gasteiger partial charge in [0.15, 0.2) is 11.6 Å². The Balaban J connectivity index is 1.75. The maximum absolute atomic E-state index is 14.4. The average molecular weight is 453 g/mol. The van der Waals surface area contributed by atoms with Crippen LogP contribution in [-0.4, -0.2) is 32.4 Å². The number of hydrogen-bond donors (Lipinski definition) is 1. The van der Waals surface area contributed by atoms with Crippen LogP contribution in [0.15, 0.2) is 71.3 Å². The lowest BCUT2D eigenvalue weighted by Gasteiger charge is -2.23. The van der Waals surface area contributed by atoms with Gasteiger partial charge in [-0.15, -0.1) is 0 Å². The molecule has 2 aromatic carbocycles.